The average molecular weight is 647 g/mol. The Hall–Kier alpha value is -3.15. The number of nitrogens with zero attached hydrogens (tertiary/aromatic N) is 1. The molecule has 5 N–H and O–H groups in total. The van der Waals surface area contributed by atoms with Crippen molar-refractivity contribution < 1.29 is 34.2 Å². The van der Waals surface area contributed by atoms with Crippen LogP contribution in [0.5, 0.6) is 0 Å². The van der Waals surface area contributed by atoms with Crippen LogP contribution in [0.1, 0.15) is 84.6 Å². The standard InChI is InChI=1S/C33H47ClN4O7/c1-5-10-24(27(40)31(43)44)35-29(41)23-18-38(19-33(23)17-25(37-45-33)21-13-9-14-22(34)16-21)30(42)28(32(2,3)4)36-26(39)15-20-11-7-6-8-12-20/h9,13-14,16-17,20,23-24,27-28,37,40H,5-8,10-12,15,18-19H2,1-4H3,(H,35,41)(H,36,39)(H,43,44)/t23?,24-,27?,28+,33+/m0/s1. The van der Waals surface area contributed by atoms with E-state index in [2.05, 4.69) is 16.1 Å². The van der Waals surface area contributed by atoms with Gasteiger partial charge in [0.25, 0.3) is 0 Å². The minimum absolute atomic E-state index is 0.00594. The van der Waals surface area contributed by atoms with Crippen LogP contribution < -0.4 is 16.1 Å². The van der Waals surface area contributed by atoms with Crippen molar-refractivity contribution >= 4 is 41.0 Å². The molecule has 1 aromatic rings. The van der Waals surface area contributed by atoms with Crippen LogP contribution in [0.3, 0.4) is 0 Å². The van der Waals surface area contributed by atoms with Gasteiger partial charge in [0.05, 0.1) is 24.2 Å². The zero-order valence-electron chi connectivity index (χ0n) is 26.6. The number of carbonyl (C=O) groups is 4. The van der Waals surface area contributed by atoms with Gasteiger partial charge in [-0.3, -0.25) is 24.7 Å². The minimum Gasteiger partial charge on any atom is -0.479 e. The maximum atomic E-state index is 14.2. The quantitative estimate of drug-likeness (QED) is 0.244. The van der Waals surface area contributed by atoms with E-state index in [-0.39, 0.29) is 31.3 Å². The van der Waals surface area contributed by atoms with Crippen molar-refractivity contribution in [1.29, 1.82) is 0 Å². The fourth-order valence-corrected chi connectivity index (χ4v) is 6.79. The van der Waals surface area contributed by atoms with Crippen LogP contribution in [0.2, 0.25) is 5.02 Å². The number of hydrogen-bond donors (Lipinski definition) is 5. The Balaban J connectivity index is 1.61. The molecule has 45 heavy (non-hydrogen) atoms. The van der Waals surface area contributed by atoms with Crippen molar-refractivity contribution in [2.45, 2.75) is 103 Å². The number of aliphatic hydroxyl groups is 1. The highest BCUT2D eigenvalue weighted by molar-refractivity contribution is 6.30. The smallest absolute Gasteiger partial charge is 0.334 e. The van der Waals surface area contributed by atoms with E-state index in [0.717, 1.165) is 31.2 Å². The Morgan fingerprint density at radius 1 is 1.16 bits per heavy atom. The lowest BCUT2D eigenvalue weighted by molar-refractivity contribution is -0.149. The molecule has 11 nitrogen and oxygen atoms in total. The first-order chi connectivity index (χ1) is 21.2. The highest BCUT2D eigenvalue weighted by Gasteiger charge is 2.56. The number of hydroxylamine groups is 1. The second-order valence-corrected chi connectivity index (χ2v) is 14.2. The van der Waals surface area contributed by atoms with Gasteiger partial charge in [0.1, 0.15) is 11.6 Å². The number of hydrogen-bond acceptors (Lipinski definition) is 7. The fraction of sp³-hybridized carbons (Fsp3) is 0.636. The molecule has 4 rings (SSSR count). The van der Waals surface area contributed by atoms with E-state index in [1.807, 2.05) is 33.8 Å². The number of carboxylic acid groups (broad SMARTS) is 1. The molecule has 1 aliphatic carbocycles. The molecule has 3 amide bonds. The van der Waals surface area contributed by atoms with Crippen LogP contribution in [0.4, 0.5) is 0 Å². The van der Waals surface area contributed by atoms with Gasteiger partial charge < -0.3 is 25.7 Å². The lowest BCUT2D eigenvalue weighted by Crippen LogP contribution is -2.55. The average Bonchev–Trinajstić information content (AvgIpc) is 3.59. The predicted octanol–water partition coefficient (Wildman–Crippen LogP) is 3.64. The summed E-state index contributed by atoms with van der Waals surface area (Å²) >= 11 is 6.22. The number of carbonyl (C=O) groups excluding carboxylic acids is 3. The molecule has 5 atom stereocenters. The van der Waals surface area contributed by atoms with Gasteiger partial charge >= 0.3 is 5.97 Å². The van der Waals surface area contributed by atoms with Crippen LogP contribution in [-0.4, -0.2) is 75.7 Å². The lowest BCUT2D eigenvalue weighted by Gasteiger charge is -2.34. The van der Waals surface area contributed by atoms with Gasteiger partial charge in [0, 0.05) is 23.6 Å². The second kappa shape index (κ2) is 14.5. The molecule has 3 aliphatic rings. The van der Waals surface area contributed by atoms with Gasteiger partial charge in [0.2, 0.25) is 17.7 Å². The summed E-state index contributed by atoms with van der Waals surface area (Å²) in [5.74, 6) is -3.13. The van der Waals surface area contributed by atoms with Gasteiger partial charge in [-0.2, -0.15) is 0 Å². The summed E-state index contributed by atoms with van der Waals surface area (Å²) in [5.41, 5.74) is 2.25. The van der Waals surface area contributed by atoms with Crippen molar-refractivity contribution in [3.63, 3.8) is 0 Å². The largest absolute Gasteiger partial charge is 0.479 e. The summed E-state index contributed by atoms with van der Waals surface area (Å²) in [7, 11) is 0. The molecule has 12 heteroatoms. The normalized spacial score (nSPS) is 24.0. The SMILES string of the molecule is CCC[C@H](NC(=O)C1CN(C(=O)[C@@H](NC(=O)CC2CCCCC2)C(C)(C)C)C[C@]12C=C(c1cccc(Cl)c1)NO2)C(O)C(=O)O. The van der Waals surface area contributed by atoms with E-state index in [4.69, 9.17) is 16.4 Å². The van der Waals surface area contributed by atoms with Gasteiger partial charge in [-0.15, -0.1) is 0 Å². The maximum Gasteiger partial charge on any atom is 0.334 e. The Morgan fingerprint density at radius 3 is 2.49 bits per heavy atom. The van der Waals surface area contributed by atoms with Gasteiger partial charge in [-0.25, -0.2) is 4.79 Å². The molecule has 2 aliphatic heterocycles. The van der Waals surface area contributed by atoms with E-state index >= 15 is 0 Å². The summed E-state index contributed by atoms with van der Waals surface area (Å²) in [4.78, 5) is 60.4. The molecule has 1 saturated heterocycles. The Morgan fingerprint density at radius 2 is 1.87 bits per heavy atom. The molecule has 2 fully saturated rings. The highest BCUT2D eigenvalue weighted by atomic mass is 35.5. The summed E-state index contributed by atoms with van der Waals surface area (Å²) in [6.45, 7) is 7.45. The number of halogens is 1. The molecule has 248 valence electrons. The number of nitrogens with one attached hydrogen (secondary N) is 3. The third-order valence-electron chi connectivity index (χ3n) is 9.11. The summed E-state index contributed by atoms with van der Waals surface area (Å²) in [5, 5.41) is 26.0. The maximum absolute atomic E-state index is 14.2. The van der Waals surface area contributed by atoms with E-state index in [9.17, 15) is 29.4 Å². The first kappa shape index (κ1) is 34.7. The third-order valence-corrected chi connectivity index (χ3v) is 9.35. The number of carboxylic acids is 1. The van der Waals surface area contributed by atoms with Crippen LogP contribution in [-0.2, 0) is 24.0 Å². The molecule has 1 saturated carbocycles. The highest BCUT2D eigenvalue weighted by Crippen LogP contribution is 2.40. The lowest BCUT2D eigenvalue weighted by atomic mass is 9.84. The molecule has 1 aromatic carbocycles. The number of amides is 3. The van der Waals surface area contributed by atoms with Gasteiger partial charge in [-0.1, -0.05) is 77.1 Å². The van der Waals surface area contributed by atoms with Crippen molar-refractivity contribution in [2.24, 2.45) is 17.3 Å². The van der Waals surface area contributed by atoms with Crippen molar-refractivity contribution in [1.82, 2.24) is 21.0 Å². The molecular weight excluding hydrogens is 600 g/mol. The molecule has 2 heterocycles. The molecule has 0 aromatic heterocycles. The number of aliphatic hydroxyl groups excluding tert-OH is 1. The molecule has 2 unspecified atom stereocenters. The third kappa shape index (κ3) is 8.37. The number of benzene rings is 1. The van der Waals surface area contributed by atoms with Crippen LogP contribution in [0.15, 0.2) is 30.3 Å². The van der Waals surface area contributed by atoms with Crippen molar-refractivity contribution in [3.05, 3.63) is 40.9 Å². The van der Waals surface area contributed by atoms with Crippen molar-refractivity contribution in [2.75, 3.05) is 13.1 Å². The zero-order valence-corrected chi connectivity index (χ0v) is 27.4. The minimum atomic E-state index is -1.80. The molecule has 0 radical (unpaired) electrons. The van der Waals surface area contributed by atoms with Crippen LogP contribution >= 0.6 is 11.6 Å². The Kier molecular flexibility index (Phi) is 11.2. The van der Waals surface area contributed by atoms with Gasteiger partial charge in [0.15, 0.2) is 6.10 Å². The number of likely N-dealkylation sites (tertiary alicyclic amines) is 1. The molecular formula is C33H47ClN4O7. The van der Waals surface area contributed by atoms with E-state index in [1.165, 1.54) is 11.3 Å². The second-order valence-electron chi connectivity index (χ2n) is 13.8. The summed E-state index contributed by atoms with van der Waals surface area (Å²) in [6, 6.07) is 5.21. The number of aliphatic carboxylic acids is 1. The monoisotopic (exact) mass is 646 g/mol. The topological polar surface area (TPSA) is 157 Å². The van der Waals surface area contributed by atoms with Crippen molar-refractivity contribution in [3.8, 4) is 0 Å². The summed E-state index contributed by atoms with van der Waals surface area (Å²) < 4.78 is 0. The first-order valence-corrected chi connectivity index (χ1v) is 16.3. The molecule has 1 spiro atoms. The first-order valence-electron chi connectivity index (χ1n) is 16.0. The van der Waals surface area contributed by atoms with Gasteiger partial charge in [-0.05, 0) is 48.8 Å². The predicted molar refractivity (Wildman–Crippen MR) is 170 cm³/mol. The van der Waals surface area contributed by atoms with Crippen LogP contribution in [0.25, 0.3) is 5.70 Å². The Bertz CT molecular complexity index is 1290. The van der Waals surface area contributed by atoms with E-state index < -0.39 is 47.0 Å². The fourth-order valence-electron chi connectivity index (χ4n) is 6.60. The van der Waals surface area contributed by atoms with Crippen LogP contribution in [0, 0.1) is 17.3 Å². The number of rotatable bonds is 11. The summed E-state index contributed by atoms with van der Waals surface area (Å²) in [6.07, 6.45) is 6.52. The zero-order chi connectivity index (χ0) is 32.9. The van der Waals surface area contributed by atoms with E-state index in [1.54, 1.807) is 24.3 Å². The Labute approximate surface area is 270 Å². The van der Waals surface area contributed by atoms with E-state index in [0.29, 0.717) is 29.5 Å². The molecule has 0 bridgehead atoms.